The van der Waals surface area contributed by atoms with Gasteiger partial charge in [-0.3, -0.25) is 62.3 Å². The summed E-state index contributed by atoms with van der Waals surface area (Å²) in [5.74, 6) is -13.9. The lowest BCUT2D eigenvalue weighted by atomic mass is 10.0. The van der Waals surface area contributed by atoms with Crippen LogP contribution in [0.4, 0.5) is 0 Å². The van der Waals surface area contributed by atoms with Crippen molar-refractivity contribution in [3.63, 3.8) is 0 Å². The molecule has 19 N–H and O–H groups in total. The Labute approximate surface area is 490 Å². The highest BCUT2D eigenvalue weighted by Crippen LogP contribution is 2.21. The number of carbonyl (C=O) groups is 13. The van der Waals surface area contributed by atoms with Crippen LogP contribution in [-0.4, -0.2) is 199 Å². The number of carbonyl (C=O) groups excluding carboxylic acids is 12. The Balaban J connectivity index is 2.48. The van der Waals surface area contributed by atoms with Gasteiger partial charge in [-0.25, -0.2) is 0 Å². The number of aliphatic hydroxyl groups excluding tert-OH is 2. The molecule has 32 heteroatoms. The number of thiol groups is 2. The van der Waals surface area contributed by atoms with Gasteiger partial charge in [0.15, 0.2) is 0 Å². The maximum absolute atomic E-state index is 14.5. The summed E-state index contributed by atoms with van der Waals surface area (Å²) in [4.78, 5) is 174. The van der Waals surface area contributed by atoms with Crippen LogP contribution in [0, 0.1) is 5.92 Å². The standard InChI is InChI=1S/C51H81N13O17S2/c1-24(2)19-32(46(76)62-41(26(4)66)50(80)61-35(22-82)42(54)72)58-43(73)30(9-6-7-17-52)56-45(75)34(21-38(53)69)59-48(78)37-10-8-18-64(37)51(81)31(15-16-39(70)71)57-44(74)33(20-28-11-13-29(68)14-12-28)60-49(79)40(25(3)65)63-47(77)36(23-83)55-27(5)67/h11-14,24-26,30-37,40-41,65-66,68,82-83H,6-10,15-23,52H2,1-5H3,(H2,53,69)(H2,54,72)(H,55,67)(H,56,75)(H,57,74)(H,58,73)(H,59,78)(H,60,79)(H,61,80)(H,62,76)(H,63,77)(H,70,71)/t25-,26-,30+,31+,32+,33+,34+,35+,36+,37-,40+,41+/m1/s1. The third kappa shape index (κ3) is 24.6. The van der Waals surface area contributed by atoms with Crippen LogP contribution in [0.25, 0.3) is 0 Å². The number of hydrogen-bond acceptors (Lipinski definition) is 19. The first-order valence-electron chi connectivity index (χ1n) is 26.8. The second-order valence-corrected chi connectivity index (χ2v) is 21.1. The molecule has 83 heavy (non-hydrogen) atoms. The first-order valence-corrected chi connectivity index (χ1v) is 28.1. The highest BCUT2D eigenvalue weighted by atomic mass is 32.1. The molecule has 1 heterocycles. The average molecular weight is 1210 g/mol. The Kier molecular flexibility index (Phi) is 30.8. The summed E-state index contributed by atoms with van der Waals surface area (Å²) < 4.78 is 0. The second kappa shape index (κ2) is 35.6. The summed E-state index contributed by atoms with van der Waals surface area (Å²) in [5, 5.41) is 62.3. The number of unbranched alkanes of at least 4 members (excludes halogenated alkanes) is 1. The monoisotopic (exact) mass is 1210 g/mol. The van der Waals surface area contributed by atoms with Gasteiger partial charge in [0, 0.05) is 37.8 Å². The van der Waals surface area contributed by atoms with Crippen LogP contribution in [0.1, 0.15) is 98.0 Å². The summed E-state index contributed by atoms with van der Waals surface area (Å²) >= 11 is 8.04. The predicted octanol–water partition coefficient (Wildman–Crippen LogP) is -5.67. The molecule has 0 saturated carbocycles. The molecule has 0 radical (unpaired) electrons. The topological polar surface area (TPSA) is 492 Å². The minimum absolute atomic E-state index is 0.0314. The lowest BCUT2D eigenvalue weighted by molar-refractivity contribution is -0.144. The zero-order chi connectivity index (χ0) is 62.8. The number of benzene rings is 1. The Morgan fingerprint density at radius 1 is 0.614 bits per heavy atom. The van der Waals surface area contributed by atoms with E-state index < -0.39 is 169 Å². The van der Waals surface area contributed by atoms with Gasteiger partial charge in [0.1, 0.15) is 66.2 Å². The third-order valence-electron chi connectivity index (χ3n) is 12.9. The van der Waals surface area contributed by atoms with Gasteiger partial charge in [-0.2, -0.15) is 25.3 Å². The Morgan fingerprint density at radius 2 is 1.11 bits per heavy atom. The van der Waals surface area contributed by atoms with E-state index in [2.05, 4.69) is 73.1 Å². The van der Waals surface area contributed by atoms with Crippen molar-refractivity contribution in [1.82, 2.24) is 52.8 Å². The van der Waals surface area contributed by atoms with Crippen molar-refractivity contribution in [2.75, 3.05) is 24.6 Å². The number of aromatic hydroxyl groups is 1. The van der Waals surface area contributed by atoms with Crippen LogP contribution in [-0.2, 0) is 68.7 Å². The first kappa shape index (κ1) is 71.8. The summed E-state index contributed by atoms with van der Waals surface area (Å²) in [6.45, 7) is 6.97. The van der Waals surface area contributed by atoms with Gasteiger partial charge in [-0.05, 0) is 89.0 Å². The molecule has 0 aliphatic carbocycles. The normalized spacial score (nSPS) is 17.0. The molecule has 1 aromatic carbocycles. The zero-order valence-electron chi connectivity index (χ0n) is 46.9. The molecule has 12 amide bonds. The van der Waals surface area contributed by atoms with Gasteiger partial charge in [0.2, 0.25) is 70.9 Å². The number of nitrogens with two attached hydrogens (primary N) is 3. The van der Waals surface area contributed by atoms with Crippen LogP contribution >= 0.6 is 25.3 Å². The Morgan fingerprint density at radius 3 is 1.60 bits per heavy atom. The molecule has 464 valence electrons. The van der Waals surface area contributed by atoms with E-state index in [-0.39, 0.29) is 74.8 Å². The molecule has 1 aromatic rings. The number of amides is 12. The number of phenols is 1. The molecular formula is C51H81N13O17S2. The van der Waals surface area contributed by atoms with E-state index in [1.807, 2.05) is 0 Å². The van der Waals surface area contributed by atoms with Crippen molar-refractivity contribution >= 4 is 102 Å². The Bertz CT molecular complexity index is 2460. The van der Waals surface area contributed by atoms with Crippen molar-refractivity contribution in [2.45, 2.75) is 171 Å². The van der Waals surface area contributed by atoms with Gasteiger partial charge in [0.05, 0.1) is 18.6 Å². The van der Waals surface area contributed by atoms with Crippen molar-refractivity contribution in [2.24, 2.45) is 23.1 Å². The molecule has 1 aliphatic rings. The Hall–Kier alpha value is -7.29. The van der Waals surface area contributed by atoms with Gasteiger partial charge in [-0.15, -0.1) is 0 Å². The number of aliphatic carboxylic acids is 1. The van der Waals surface area contributed by atoms with E-state index in [9.17, 15) is 82.8 Å². The molecule has 1 fully saturated rings. The van der Waals surface area contributed by atoms with Crippen LogP contribution in [0.2, 0.25) is 0 Å². The molecule has 0 aromatic heterocycles. The molecule has 12 atom stereocenters. The van der Waals surface area contributed by atoms with Gasteiger partial charge < -0.3 is 90.4 Å². The summed E-state index contributed by atoms with van der Waals surface area (Å²) in [6, 6.07) is -9.88. The van der Waals surface area contributed by atoms with E-state index in [4.69, 9.17) is 17.2 Å². The predicted molar refractivity (Wildman–Crippen MR) is 303 cm³/mol. The fraction of sp³-hybridized carbons (Fsp3) is 0.627. The molecule has 0 unspecified atom stereocenters. The number of primary amides is 2. The zero-order valence-corrected chi connectivity index (χ0v) is 48.7. The lowest BCUT2D eigenvalue weighted by Gasteiger charge is -2.31. The van der Waals surface area contributed by atoms with Crippen molar-refractivity contribution in [1.29, 1.82) is 0 Å². The largest absolute Gasteiger partial charge is 0.508 e. The molecule has 30 nitrogen and oxygen atoms in total. The number of phenolic OH excluding ortho intramolecular Hbond substituents is 1. The molecule has 2 rings (SSSR count). The number of nitrogens with zero attached hydrogens (tertiary/aromatic N) is 1. The number of likely N-dealkylation sites (tertiary alicyclic amines) is 1. The maximum Gasteiger partial charge on any atom is 0.303 e. The smallest absolute Gasteiger partial charge is 0.303 e. The van der Waals surface area contributed by atoms with E-state index in [0.29, 0.717) is 12.0 Å². The van der Waals surface area contributed by atoms with Crippen LogP contribution in [0.5, 0.6) is 5.75 Å². The SMILES string of the molecule is CC(=O)N[C@@H](CS)C(=O)N[C@H](C(=O)N[C@@H](Cc1ccc(O)cc1)C(=O)N[C@@H](CCC(=O)O)C(=O)N1CCC[C@@H]1C(=O)N[C@@H](CC(N)=O)C(=O)N[C@@H](CCCCN)C(=O)N[C@@H](CC(C)C)C(=O)N[C@H](C(=O)N[C@@H](CS)C(N)=O)[C@@H](C)O)[C@@H](C)O. The molecule has 1 aliphatic heterocycles. The van der Waals surface area contributed by atoms with Gasteiger partial charge >= 0.3 is 5.97 Å². The number of carboxylic acid groups (broad SMARTS) is 1. The number of aliphatic hydroxyl groups is 2. The average Bonchev–Trinajstić information content (AvgIpc) is 4.12. The van der Waals surface area contributed by atoms with Crippen LogP contribution < -0.4 is 65.1 Å². The quantitative estimate of drug-likeness (QED) is 0.0220. The number of nitrogens with one attached hydrogen (secondary N) is 9. The first-order chi connectivity index (χ1) is 38.9. The summed E-state index contributed by atoms with van der Waals surface area (Å²) in [5.41, 5.74) is 16.9. The maximum atomic E-state index is 14.5. The van der Waals surface area contributed by atoms with Crippen LogP contribution in [0.15, 0.2) is 24.3 Å². The third-order valence-corrected chi connectivity index (χ3v) is 13.6. The van der Waals surface area contributed by atoms with E-state index >= 15 is 0 Å². The number of hydrogen-bond donors (Lipinski definition) is 18. The molecule has 0 spiro atoms. The van der Waals surface area contributed by atoms with E-state index in [1.165, 1.54) is 31.2 Å². The lowest BCUT2D eigenvalue weighted by Crippen LogP contribution is -2.62. The fourth-order valence-electron chi connectivity index (χ4n) is 8.55. The van der Waals surface area contributed by atoms with Crippen LogP contribution in [0.3, 0.4) is 0 Å². The summed E-state index contributed by atoms with van der Waals surface area (Å²) in [6.07, 6.45) is -4.97. The molecule has 1 saturated heterocycles. The van der Waals surface area contributed by atoms with Gasteiger partial charge in [-0.1, -0.05) is 26.0 Å². The minimum atomic E-state index is -1.79. The highest BCUT2D eigenvalue weighted by molar-refractivity contribution is 7.80. The van der Waals surface area contributed by atoms with E-state index in [0.717, 1.165) is 18.7 Å². The number of carboxylic acids is 1. The highest BCUT2D eigenvalue weighted by Gasteiger charge is 2.41. The second-order valence-electron chi connectivity index (χ2n) is 20.4. The van der Waals surface area contributed by atoms with Crippen molar-refractivity contribution < 1.29 is 82.8 Å². The molecular weight excluding hydrogens is 1130 g/mol. The summed E-state index contributed by atoms with van der Waals surface area (Å²) in [7, 11) is 0. The van der Waals surface area contributed by atoms with E-state index in [1.54, 1.807) is 13.8 Å². The minimum Gasteiger partial charge on any atom is -0.508 e. The van der Waals surface area contributed by atoms with Gasteiger partial charge in [0.25, 0.3) is 0 Å². The fourth-order valence-corrected chi connectivity index (χ4v) is 9.08. The number of rotatable bonds is 36. The molecule has 0 bridgehead atoms. The van der Waals surface area contributed by atoms with Crippen molar-refractivity contribution in [3.8, 4) is 5.75 Å². The van der Waals surface area contributed by atoms with Crippen molar-refractivity contribution in [3.05, 3.63) is 29.8 Å².